The molecule has 3 rings (SSSR count). The summed E-state index contributed by atoms with van der Waals surface area (Å²) in [4.78, 5) is 21.4. The highest BCUT2D eigenvalue weighted by molar-refractivity contribution is 6.04. The number of benzene rings is 1. The van der Waals surface area contributed by atoms with E-state index >= 15 is 0 Å². The van der Waals surface area contributed by atoms with Crippen LogP contribution in [0.4, 0.5) is 11.6 Å². The number of carbonyl (C=O) groups is 1. The molecule has 0 atom stereocenters. The third-order valence-electron chi connectivity index (χ3n) is 4.07. The van der Waals surface area contributed by atoms with Gasteiger partial charge < -0.3 is 15.1 Å². The number of aromatic nitrogens is 2. The van der Waals surface area contributed by atoms with Gasteiger partial charge in [0.1, 0.15) is 11.5 Å². The fourth-order valence-corrected chi connectivity index (χ4v) is 2.72. The summed E-state index contributed by atoms with van der Waals surface area (Å²) in [6.45, 7) is 6.34. The summed E-state index contributed by atoms with van der Waals surface area (Å²) in [7, 11) is 0. The van der Waals surface area contributed by atoms with Crippen LogP contribution in [0.3, 0.4) is 0 Å². The van der Waals surface area contributed by atoms with E-state index in [-0.39, 0.29) is 5.91 Å². The van der Waals surface area contributed by atoms with Gasteiger partial charge in [0.2, 0.25) is 5.95 Å². The number of hydrogen-bond acceptors (Lipinski definition) is 5. The van der Waals surface area contributed by atoms with Gasteiger partial charge in [0.25, 0.3) is 5.91 Å². The summed E-state index contributed by atoms with van der Waals surface area (Å²) in [5.41, 5.74) is 4.01. The van der Waals surface area contributed by atoms with Crippen molar-refractivity contribution in [3.05, 3.63) is 70.9 Å². The predicted molar refractivity (Wildman–Crippen MR) is 101 cm³/mol. The zero-order valence-corrected chi connectivity index (χ0v) is 15.2. The van der Waals surface area contributed by atoms with Gasteiger partial charge in [0.05, 0.1) is 12.8 Å². The van der Waals surface area contributed by atoms with Crippen LogP contribution in [0.25, 0.3) is 0 Å². The largest absolute Gasteiger partial charge is 0.467 e. The second-order valence-electron chi connectivity index (χ2n) is 6.07. The molecule has 0 aliphatic rings. The average molecular weight is 350 g/mol. The van der Waals surface area contributed by atoms with Gasteiger partial charge in [-0.3, -0.25) is 4.79 Å². The normalized spacial score (nSPS) is 10.6. The van der Waals surface area contributed by atoms with E-state index in [1.807, 2.05) is 44.2 Å². The van der Waals surface area contributed by atoms with Crippen LogP contribution in [0, 0.1) is 13.8 Å². The molecule has 0 fully saturated rings. The van der Waals surface area contributed by atoms with Crippen molar-refractivity contribution in [3.63, 3.8) is 0 Å². The zero-order chi connectivity index (χ0) is 18.5. The Balaban J connectivity index is 1.79. The van der Waals surface area contributed by atoms with E-state index in [1.54, 1.807) is 12.3 Å². The lowest BCUT2D eigenvalue weighted by atomic mass is 10.1. The zero-order valence-electron chi connectivity index (χ0n) is 15.2. The lowest BCUT2D eigenvalue weighted by molar-refractivity contribution is 0.102. The third-order valence-corrected chi connectivity index (χ3v) is 4.07. The molecule has 0 saturated heterocycles. The van der Waals surface area contributed by atoms with Crippen molar-refractivity contribution in [3.8, 4) is 0 Å². The molecule has 0 bridgehead atoms. The smallest absolute Gasteiger partial charge is 0.274 e. The SMILES string of the molecule is CCc1cccc(C)c1NC(=O)c1cc(C)nc(NCc2ccco2)n1. The Labute approximate surface area is 152 Å². The van der Waals surface area contributed by atoms with E-state index in [9.17, 15) is 4.79 Å². The Morgan fingerprint density at radius 2 is 2.00 bits per heavy atom. The monoisotopic (exact) mass is 350 g/mol. The van der Waals surface area contributed by atoms with Crippen LogP contribution in [0.15, 0.2) is 47.1 Å². The van der Waals surface area contributed by atoms with E-state index in [1.165, 1.54) is 0 Å². The van der Waals surface area contributed by atoms with Gasteiger partial charge in [-0.25, -0.2) is 9.97 Å². The van der Waals surface area contributed by atoms with E-state index in [0.717, 1.165) is 29.0 Å². The summed E-state index contributed by atoms with van der Waals surface area (Å²) in [5, 5.41) is 6.08. The van der Waals surface area contributed by atoms with Crippen molar-refractivity contribution in [1.29, 1.82) is 0 Å². The second-order valence-corrected chi connectivity index (χ2v) is 6.07. The minimum atomic E-state index is -0.249. The maximum absolute atomic E-state index is 12.7. The number of rotatable bonds is 6. The molecule has 0 radical (unpaired) electrons. The topological polar surface area (TPSA) is 80.0 Å². The van der Waals surface area contributed by atoms with Crippen molar-refractivity contribution in [2.75, 3.05) is 10.6 Å². The Hall–Kier alpha value is -3.15. The summed E-state index contributed by atoms with van der Waals surface area (Å²) < 4.78 is 5.28. The highest BCUT2D eigenvalue weighted by Crippen LogP contribution is 2.22. The molecule has 0 aliphatic carbocycles. The van der Waals surface area contributed by atoms with Crippen molar-refractivity contribution < 1.29 is 9.21 Å². The maximum atomic E-state index is 12.7. The molecule has 2 heterocycles. The van der Waals surface area contributed by atoms with Crippen molar-refractivity contribution in [2.45, 2.75) is 33.7 Å². The number of hydrogen-bond donors (Lipinski definition) is 2. The van der Waals surface area contributed by atoms with E-state index in [2.05, 4.69) is 27.5 Å². The van der Waals surface area contributed by atoms with Crippen LogP contribution in [0.5, 0.6) is 0 Å². The minimum absolute atomic E-state index is 0.249. The molecule has 0 unspecified atom stereocenters. The first-order valence-corrected chi connectivity index (χ1v) is 8.58. The second kappa shape index (κ2) is 7.82. The summed E-state index contributed by atoms with van der Waals surface area (Å²) in [5.74, 6) is 0.918. The molecule has 26 heavy (non-hydrogen) atoms. The van der Waals surface area contributed by atoms with E-state index in [0.29, 0.717) is 23.9 Å². The van der Waals surface area contributed by atoms with E-state index in [4.69, 9.17) is 4.42 Å². The van der Waals surface area contributed by atoms with Crippen LogP contribution >= 0.6 is 0 Å². The fourth-order valence-electron chi connectivity index (χ4n) is 2.72. The average Bonchev–Trinajstić information content (AvgIpc) is 3.14. The van der Waals surface area contributed by atoms with Crippen molar-refractivity contribution in [1.82, 2.24) is 9.97 Å². The number of aryl methyl sites for hydroxylation is 3. The Morgan fingerprint density at radius 1 is 1.15 bits per heavy atom. The molecule has 1 amide bonds. The first kappa shape index (κ1) is 17.7. The third kappa shape index (κ3) is 4.08. The number of para-hydroxylation sites is 1. The highest BCUT2D eigenvalue weighted by Gasteiger charge is 2.14. The number of amides is 1. The summed E-state index contributed by atoms with van der Waals surface area (Å²) in [6, 6.07) is 11.4. The Bertz CT molecular complexity index is 904. The van der Waals surface area contributed by atoms with Crippen molar-refractivity contribution in [2.24, 2.45) is 0 Å². The van der Waals surface area contributed by atoms with Gasteiger partial charge in [-0.15, -0.1) is 0 Å². The Morgan fingerprint density at radius 3 is 2.73 bits per heavy atom. The minimum Gasteiger partial charge on any atom is -0.467 e. The number of furan rings is 1. The van der Waals surface area contributed by atoms with Crippen LogP contribution in [-0.4, -0.2) is 15.9 Å². The Kier molecular flexibility index (Phi) is 5.31. The number of anilines is 2. The highest BCUT2D eigenvalue weighted by atomic mass is 16.3. The predicted octanol–water partition coefficient (Wildman–Crippen LogP) is 4.11. The lowest BCUT2D eigenvalue weighted by Crippen LogP contribution is -2.17. The lowest BCUT2D eigenvalue weighted by Gasteiger charge is -2.13. The fraction of sp³-hybridized carbons (Fsp3) is 0.250. The quantitative estimate of drug-likeness (QED) is 0.699. The van der Waals surface area contributed by atoms with Gasteiger partial charge in [-0.1, -0.05) is 25.1 Å². The van der Waals surface area contributed by atoms with Gasteiger partial charge in [-0.05, 0) is 49.6 Å². The molecule has 3 aromatic rings. The molecular weight excluding hydrogens is 328 g/mol. The van der Waals surface area contributed by atoms with Crippen LogP contribution in [-0.2, 0) is 13.0 Å². The molecule has 0 aliphatic heterocycles. The maximum Gasteiger partial charge on any atom is 0.274 e. The molecule has 6 heteroatoms. The van der Waals surface area contributed by atoms with Gasteiger partial charge in [0.15, 0.2) is 0 Å². The first-order chi connectivity index (χ1) is 12.6. The van der Waals surface area contributed by atoms with Gasteiger partial charge >= 0.3 is 0 Å². The van der Waals surface area contributed by atoms with Gasteiger partial charge in [0, 0.05) is 11.4 Å². The molecule has 0 saturated carbocycles. The molecule has 1 aromatic carbocycles. The van der Waals surface area contributed by atoms with E-state index < -0.39 is 0 Å². The number of nitrogens with one attached hydrogen (secondary N) is 2. The van der Waals surface area contributed by atoms with Crippen LogP contribution in [0.1, 0.15) is 40.0 Å². The molecule has 134 valence electrons. The molecule has 2 aromatic heterocycles. The van der Waals surface area contributed by atoms with Crippen molar-refractivity contribution >= 4 is 17.5 Å². The summed E-state index contributed by atoms with van der Waals surface area (Å²) >= 11 is 0. The van der Waals surface area contributed by atoms with Gasteiger partial charge in [-0.2, -0.15) is 0 Å². The van der Waals surface area contributed by atoms with Crippen LogP contribution in [0.2, 0.25) is 0 Å². The number of nitrogens with zero attached hydrogens (tertiary/aromatic N) is 2. The summed E-state index contributed by atoms with van der Waals surface area (Å²) in [6.07, 6.45) is 2.45. The van der Waals surface area contributed by atoms with Crippen LogP contribution < -0.4 is 10.6 Å². The standard InChI is InChI=1S/C20H22N4O2/c1-4-15-8-5-7-13(2)18(15)24-19(25)17-11-14(3)22-20(23-17)21-12-16-9-6-10-26-16/h5-11H,4,12H2,1-3H3,(H,24,25)(H,21,22,23). The first-order valence-electron chi connectivity index (χ1n) is 8.58. The molecule has 2 N–H and O–H groups in total. The molecule has 6 nitrogen and oxygen atoms in total. The number of carbonyl (C=O) groups excluding carboxylic acids is 1. The molecular formula is C20H22N4O2. The molecule has 0 spiro atoms.